The summed E-state index contributed by atoms with van der Waals surface area (Å²) >= 11 is 0. The van der Waals surface area contributed by atoms with Crippen LogP contribution in [-0.2, 0) is 0 Å². The number of fused-ring (bicyclic) bond motifs is 1. The van der Waals surface area contributed by atoms with Gasteiger partial charge < -0.3 is 5.32 Å². The molecule has 0 bridgehead atoms. The zero-order chi connectivity index (χ0) is 13.9. The molecule has 2 nitrogen and oxygen atoms in total. The molecule has 0 aliphatic heterocycles. The van der Waals surface area contributed by atoms with Crippen molar-refractivity contribution < 1.29 is 0 Å². The Labute approximate surface area is 118 Å². The van der Waals surface area contributed by atoms with E-state index in [1.54, 1.807) is 0 Å². The van der Waals surface area contributed by atoms with E-state index in [4.69, 9.17) is 5.41 Å². The summed E-state index contributed by atoms with van der Waals surface area (Å²) in [4.78, 5) is 0. The third-order valence-electron chi connectivity index (χ3n) is 3.44. The van der Waals surface area contributed by atoms with Crippen molar-refractivity contribution in [1.29, 1.82) is 5.41 Å². The quantitative estimate of drug-likeness (QED) is 0.513. The third-order valence-corrected chi connectivity index (χ3v) is 3.44. The molecule has 0 atom stereocenters. The number of hydrogen-bond donors (Lipinski definition) is 2. The van der Waals surface area contributed by atoms with Crippen molar-refractivity contribution in [2.24, 2.45) is 0 Å². The summed E-state index contributed by atoms with van der Waals surface area (Å²) < 4.78 is 0. The molecule has 0 aliphatic carbocycles. The van der Waals surface area contributed by atoms with E-state index in [0.29, 0.717) is 5.84 Å². The lowest BCUT2D eigenvalue weighted by atomic mass is 10.1. The highest BCUT2D eigenvalue weighted by Crippen LogP contribution is 2.18. The molecule has 0 saturated carbocycles. The second-order valence-electron chi connectivity index (χ2n) is 4.88. The van der Waals surface area contributed by atoms with Gasteiger partial charge in [-0.15, -0.1) is 0 Å². The highest BCUT2D eigenvalue weighted by Gasteiger charge is 2.04. The average Bonchev–Trinajstić information content (AvgIpc) is 2.49. The molecule has 0 fully saturated rings. The Balaban J connectivity index is 1.91. The predicted molar refractivity (Wildman–Crippen MR) is 85.6 cm³/mol. The van der Waals surface area contributed by atoms with Crippen LogP contribution in [0.2, 0.25) is 0 Å². The van der Waals surface area contributed by atoms with Crippen LogP contribution in [0.1, 0.15) is 11.1 Å². The molecule has 2 N–H and O–H groups in total. The van der Waals surface area contributed by atoms with Crippen molar-refractivity contribution in [1.82, 2.24) is 0 Å². The van der Waals surface area contributed by atoms with Crippen LogP contribution in [0.25, 0.3) is 10.8 Å². The number of amidine groups is 1. The van der Waals surface area contributed by atoms with Crippen molar-refractivity contribution in [2.45, 2.75) is 6.92 Å². The van der Waals surface area contributed by atoms with Gasteiger partial charge in [0.15, 0.2) is 0 Å². The van der Waals surface area contributed by atoms with Gasteiger partial charge in [-0.2, -0.15) is 0 Å². The SMILES string of the molecule is Cc1ccccc1NC(=N)c1ccc2ccccc2c1. The van der Waals surface area contributed by atoms with E-state index in [9.17, 15) is 0 Å². The highest BCUT2D eigenvalue weighted by atomic mass is 14.9. The van der Waals surface area contributed by atoms with Gasteiger partial charge in [-0.25, -0.2) is 0 Å². The van der Waals surface area contributed by atoms with E-state index < -0.39 is 0 Å². The maximum Gasteiger partial charge on any atom is 0.129 e. The highest BCUT2D eigenvalue weighted by molar-refractivity contribution is 6.08. The molecule has 3 aromatic carbocycles. The van der Waals surface area contributed by atoms with Gasteiger partial charge in [0.1, 0.15) is 5.84 Å². The van der Waals surface area contributed by atoms with Crippen LogP contribution in [-0.4, -0.2) is 5.84 Å². The molecule has 0 unspecified atom stereocenters. The van der Waals surface area contributed by atoms with Crippen LogP contribution in [0.3, 0.4) is 0 Å². The maximum atomic E-state index is 8.23. The Morgan fingerprint density at radius 2 is 1.55 bits per heavy atom. The lowest BCUT2D eigenvalue weighted by Crippen LogP contribution is -2.12. The average molecular weight is 260 g/mol. The van der Waals surface area contributed by atoms with Crippen molar-refractivity contribution in [3.63, 3.8) is 0 Å². The van der Waals surface area contributed by atoms with Crippen molar-refractivity contribution >= 4 is 22.3 Å². The minimum atomic E-state index is 0.421. The van der Waals surface area contributed by atoms with E-state index in [2.05, 4.69) is 23.5 Å². The number of rotatable bonds is 2. The summed E-state index contributed by atoms with van der Waals surface area (Å²) in [5.74, 6) is 0.421. The Morgan fingerprint density at radius 3 is 2.35 bits per heavy atom. The fraction of sp³-hybridized carbons (Fsp3) is 0.0556. The molecule has 0 saturated heterocycles. The van der Waals surface area contributed by atoms with Gasteiger partial charge in [-0.05, 0) is 35.4 Å². The first-order valence-electron chi connectivity index (χ1n) is 6.64. The van der Waals surface area contributed by atoms with E-state index in [1.165, 1.54) is 5.39 Å². The van der Waals surface area contributed by atoms with Gasteiger partial charge >= 0.3 is 0 Å². The second kappa shape index (κ2) is 5.17. The van der Waals surface area contributed by atoms with Crippen molar-refractivity contribution in [3.8, 4) is 0 Å². The Morgan fingerprint density at radius 1 is 0.850 bits per heavy atom. The molecule has 0 amide bonds. The number of hydrogen-bond acceptors (Lipinski definition) is 1. The Kier molecular flexibility index (Phi) is 3.21. The molecule has 0 spiro atoms. The maximum absolute atomic E-state index is 8.23. The van der Waals surface area contributed by atoms with Crippen LogP contribution in [0.4, 0.5) is 5.69 Å². The number of benzene rings is 3. The molecule has 2 heteroatoms. The zero-order valence-electron chi connectivity index (χ0n) is 11.4. The molecule has 0 aliphatic rings. The number of anilines is 1. The van der Waals surface area contributed by atoms with Gasteiger partial charge in [0, 0.05) is 11.3 Å². The van der Waals surface area contributed by atoms with Crippen LogP contribution < -0.4 is 5.32 Å². The summed E-state index contributed by atoms with van der Waals surface area (Å²) in [6.45, 7) is 2.04. The molecule has 3 rings (SSSR count). The fourth-order valence-corrected chi connectivity index (χ4v) is 2.26. The minimum absolute atomic E-state index is 0.421. The second-order valence-corrected chi connectivity index (χ2v) is 4.88. The lowest BCUT2D eigenvalue weighted by molar-refractivity contribution is 1.41. The number of nitrogens with one attached hydrogen (secondary N) is 2. The van der Waals surface area contributed by atoms with Crippen LogP contribution in [0.5, 0.6) is 0 Å². The summed E-state index contributed by atoms with van der Waals surface area (Å²) in [7, 11) is 0. The smallest absolute Gasteiger partial charge is 0.129 e. The molecular formula is C18H16N2. The summed E-state index contributed by atoms with van der Waals surface area (Å²) in [6.07, 6.45) is 0. The van der Waals surface area contributed by atoms with Crippen LogP contribution >= 0.6 is 0 Å². The normalized spacial score (nSPS) is 10.4. The largest absolute Gasteiger partial charge is 0.340 e. The molecule has 98 valence electrons. The number of para-hydroxylation sites is 1. The Bertz CT molecular complexity index is 775. The summed E-state index contributed by atoms with van der Waals surface area (Å²) in [5, 5.41) is 13.8. The first kappa shape index (κ1) is 12.4. The van der Waals surface area contributed by atoms with Crippen molar-refractivity contribution in [2.75, 3.05) is 5.32 Å². The first-order chi connectivity index (χ1) is 9.74. The van der Waals surface area contributed by atoms with Crippen LogP contribution in [0.15, 0.2) is 66.7 Å². The van der Waals surface area contributed by atoms with Gasteiger partial charge in [0.05, 0.1) is 0 Å². The lowest BCUT2D eigenvalue weighted by Gasteiger charge is -2.11. The van der Waals surface area contributed by atoms with Crippen molar-refractivity contribution in [3.05, 3.63) is 77.9 Å². The summed E-state index contributed by atoms with van der Waals surface area (Å²) in [6, 6.07) is 22.3. The van der Waals surface area contributed by atoms with Gasteiger partial charge in [0.2, 0.25) is 0 Å². The molecule has 3 aromatic rings. The predicted octanol–water partition coefficient (Wildman–Crippen LogP) is 4.59. The van der Waals surface area contributed by atoms with Crippen LogP contribution in [0, 0.1) is 12.3 Å². The number of aryl methyl sites for hydroxylation is 1. The molecule has 20 heavy (non-hydrogen) atoms. The summed E-state index contributed by atoms with van der Waals surface area (Å²) in [5.41, 5.74) is 3.01. The fourth-order valence-electron chi connectivity index (χ4n) is 2.26. The van der Waals surface area contributed by atoms with E-state index >= 15 is 0 Å². The topological polar surface area (TPSA) is 35.9 Å². The third kappa shape index (κ3) is 2.41. The van der Waals surface area contributed by atoms with E-state index in [1.807, 2.05) is 55.5 Å². The Hall–Kier alpha value is -2.61. The van der Waals surface area contributed by atoms with Gasteiger partial charge in [0.25, 0.3) is 0 Å². The van der Waals surface area contributed by atoms with Gasteiger partial charge in [-0.3, -0.25) is 5.41 Å². The van der Waals surface area contributed by atoms with E-state index in [0.717, 1.165) is 22.2 Å². The molecule has 0 radical (unpaired) electrons. The van der Waals surface area contributed by atoms with Gasteiger partial charge in [-0.1, -0.05) is 54.6 Å². The van der Waals surface area contributed by atoms with E-state index in [-0.39, 0.29) is 0 Å². The molecule has 0 aromatic heterocycles. The standard InChI is InChI=1S/C18H16N2/c1-13-6-2-5-9-17(13)20-18(19)16-11-10-14-7-3-4-8-15(14)12-16/h2-12H,1H3,(H2,19,20). The molecular weight excluding hydrogens is 244 g/mol. The minimum Gasteiger partial charge on any atom is -0.340 e. The first-order valence-corrected chi connectivity index (χ1v) is 6.64. The molecule has 0 heterocycles. The monoisotopic (exact) mass is 260 g/mol. The zero-order valence-corrected chi connectivity index (χ0v) is 11.4.